The molecule has 0 spiro atoms. The first-order valence-electron chi connectivity index (χ1n) is 25.5. The molecule has 0 heterocycles. The summed E-state index contributed by atoms with van der Waals surface area (Å²) in [6.07, 6.45) is 58.5. The number of nitrogens with one attached hydrogen (secondary N) is 1. The lowest BCUT2D eigenvalue weighted by atomic mass is 10.0. The summed E-state index contributed by atoms with van der Waals surface area (Å²) in [6, 6.07) is -0.713. The number of allylic oxidation sites excluding steroid dienone is 10. The predicted molar refractivity (Wildman–Crippen MR) is 259 cm³/mol. The third-order valence-corrected chi connectivity index (χ3v) is 11.3. The molecular formula is C54H97NO5. The lowest BCUT2D eigenvalue weighted by Crippen LogP contribution is -2.46. The van der Waals surface area contributed by atoms with Crippen molar-refractivity contribution in [2.24, 2.45) is 0 Å². The van der Waals surface area contributed by atoms with E-state index in [1.807, 2.05) is 0 Å². The van der Waals surface area contributed by atoms with Gasteiger partial charge in [-0.3, -0.25) is 9.59 Å². The third-order valence-electron chi connectivity index (χ3n) is 11.3. The number of rotatable bonds is 45. The summed E-state index contributed by atoms with van der Waals surface area (Å²) < 4.78 is 5.91. The van der Waals surface area contributed by atoms with E-state index in [2.05, 4.69) is 86.8 Å². The van der Waals surface area contributed by atoms with Crippen LogP contribution in [-0.4, -0.2) is 46.9 Å². The molecule has 0 aromatic heterocycles. The molecule has 0 aliphatic heterocycles. The number of aliphatic hydroxyl groups excluding tert-OH is 2. The van der Waals surface area contributed by atoms with Gasteiger partial charge in [-0.05, 0) is 89.9 Å². The number of ether oxygens (including phenoxy) is 1. The van der Waals surface area contributed by atoms with Gasteiger partial charge in [-0.15, -0.1) is 0 Å². The lowest BCUT2D eigenvalue weighted by Gasteiger charge is -2.24. The molecule has 0 aromatic rings. The highest BCUT2D eigenvalue weighted by Gasteiger charge is 2.24. The average Bonchev–Trinajstić information content (AvgIpc) is 3.24. The molecule has 0 radical (unpaired) electrons. The van der Waals surface area contributed by atoms with Gasteiger partial charge in [0.2, 0.25) is 5.91 Å². The monoisotopic (exact) mass is 840 g/mol. The molecule has 3 unspecified atom stereocenters. The molecule has 6 nitrogen and oxygen atoms in total. The number of esters is 1. The van der Waals surface area contributed by atoms with Crippen LogP contribution in [0.25, 0.3) is 0 Å². The molecule has 0 saturated heterocycles. The summed E-state index contributed by atoms with van der Waals surface area (Å²) in [6.45, 7) is 6.35. The Kier molecular flexibility index (Phi) is 45.7. The van der Waals surface area contributed by atoms with Crippen molar-refractivity contribution in [2.45, 2.75) is 264 Å². The van der Waals surface area contributed by atoms with E-state index in [-0.39, 0.29) is 24.9 Å². The van der Waals surface area contributed by atoms with Crippen LogP contribution < -0.4 is 5.32 Å². The van der Waals surface area contributed by atoms with E-state index < -0.39 is 18.2 Å². The highest BCUT2D eigenvalue weighted by molar-refractivity contribution is 5.77. The second-order valence-electron chi connectivity index (χ2n) is 17.2. The Morgan fingerprint density at radius 1 is 0.500 bits per heavy atom. The van der Waals surface area contributed by atoms with Crippen molar-refractivity contribution in [2.75, 3.05) is 6.61 Å². The van der Waals surface area contributed by atoms with E-state index in [1.54, 1.807) is 0 Å². The number of carbonyl (C=O) groups is 2. The molecule has 0 aliphatic rings. The van der Waals surface area contributed by atoms with Crippen molar-refractivity contribution in [3.05, 3.63) is 60.8 Å². The zero-order chi connectivity index (χ0) is 43.8. The fourth-order valence-corrected chi connectivity index (χ4v) is 7.47. The van der Waals surface area contributed by atoms with Gasteiger partial charge in [0.15, 0.2) is 0 Å². The fourth-order valence-electron chi connectivity index (χ4n) is 7.47. The van der Waals surface area contributed by atoms with Crippen molar-refractivity contribution in [1.29, 1.82) is 0 Å². The zero-order valence-electron chi connectivity index (χ0n) is 39.6. The van der Waals surface area contributed by atoms with Gasteiger partial charge in [0.05, 0.1) is 25.2 Å². The van der Waals surface area contributed by atoms with Gasteiger partial charge in [0.25, 0.3) is 0 Å². The van der Waals surface area contributed by atoms with Gasteiger partial charge in [0, 0.05) is 6.42 Å². The maximum absolute atomic E-state index is 13.2. The molecule has 0 aliphatic carbocycles. The second kappa shape index (κ2) is 47.6. The van der Waals surface area contributed by atoms with Crippen LogP contribution in [0.4, 0.5) is 0 Å². The largest absolute Gasteiger partial charge is 0.462 e. The first kappa shape index (κ1) is 57.6. The Morgan fingerprint density at radius 3 is 1.40 bits per heavy atom. The van der Waals surface area contributed by atoms with Gasteiger partial charge in [0.1, 0.15) is 6.10 Å². The summed E-state index contributed by atoms with van der Waals surface area (Å²) in [5.74, 6) is -0.525. The maximum atomic E-state index is 13.2. The summed E-state index contributed by atoms with van der Waals surface area (Å²) in [5.41, 5.74) is 0. The topological polar surface area (TPSA) is 95.9 Å². The van der Waals surface area contributed by atoms with Crippen molar-refractivity contribution in [3.8, 4) is 0 Å². The minimum atomic E-state index is -0.797. The maximum Gasteiger partial charge on any atom is 0.306 e. The molecule has 0 fully saturated rings. The summed E-state index contributed by atoms with van der Waals surface area (Å²) >= 11 is 0. The zero-order valence-corrected chi connectivity index (χ0v) is 39.6. The molecular weight excluding hydrogens is 743 g/mol. The number of aliphatic hydroxyl groups is 2. The van der Waals surface area contributed by atoms with Crippen LogP contribution in [0.5, 0.6) is 0 Å². The standard InChI is InChI=1S/C54H97NO5/c1-4-7-10-13-16-19-22-24-26-27-29-32-35-38-41-44-47-54(59)60-50(45-42-39-36-33-31-28-25-23-20-17-14-11-8-5-2)48-53(58)55-51(49-56)52(57)46-43-40-37-34-30-21-18-15-12-9-6-3/h7,10,16,19,24,26,28-29,31-32,50-52,56-57H,4-6,8-9,11-15,17-18,20-23,25,27,30,33-49H2,1-3H3,(H,55,58)/b10-7+,19-16+,26-24+,31-28+,32-29+. The Bertz CT molecular complexity index is 1080. The molecule has 3 atom stereocenters. The van der Waals surface area contributed by atoms with Crippen molar-refractivity contribution in [3.63, 3.8) is 0 Å². The van der Waals surface area contributed by atoms with Gasteiger partial charge in [-0.2, -0.15) is 0 Å². The van der Waals surface area contributed by atoms with Crippen LogP contribution >= 0.6 is 0 Å². The number of hydrogen-bond donors (Lipinski definition) is 3. The smallest absolute Gasteiger partial charge is 0.306 e. The number of amides is 1. The SMILES string of the molecule is CC/C=C/C/C=C/C/C=C/C/C=C/CCCCCC(=O)OC(CCCCC/C=C/CCCCCCCCC)CC(=O)NC(CO)C(O)CCCCCCCCCCCCC. The van der Waals surface area contributed by atoms with Gasteiger partial charge in [-0.1, -0.05) is 204 Å². The molecule has 0 rings (SSSR count). The van der Waals surface area contributed by atoms with Crippen LogP contribution in [0.1, 0.15) is 245 Å². The van der Waals surface area contributed by atoms with E-state index in [9.17, 15) is 19.8 Å². The highest BCUT2D eigenvalue weighted by atomic mass is 16.5. The Morgan fingerprint density at radius 2 is 0.900 bits per heavy atom. The second-order valence-corrected chi connectivity index (χ2v) is 17.2. The van der Waals surface area contributed by atoms with Gasteiger partial charge in [-0.25, -0.2) is 0 Å². The van der Waals surface area contributed by atoms with E-state index in [0.29, 0.717) is 19.3 Å². The Hall–Kier alpha value is -2.44. The van der Waals surface area contributed by atoms with Crippen LogP contribution in [0.2, 0.25) is 0 Å². The molecule has 3 N–H and O–H groups in total. The van der Waals surface area contributed by atoms with Crippen molar-refractivity contribution >= 4 is 11.9 Å². The van der Waals surface area contributed by atoms with E-state index in [0.717, 1.165) is 103 Å². The van der Waals surface area contributed by atoms with E-state index in [1.165, 1.54) is 96.3 Å². The van der Waals surface area contributed by atoms with Gasteiger partial charge >= 0.3 is 5.97 Å². The van der Waals surface area contributed by atoms with E-state index in [4.69, 9.17) is 4.74 Å². The van der Waals surface area contributed by atoms with Crippen molar-refractivity contribution in [1.82, 2.24) is 5.32 Å². The van der Waals surface area contributed by atoms with Crippen LogP contribution in [0, 0.1) is 0 Å². The first-order valence-corrected chi connectivity index (χ1v) is 25.5. The number of unbranched alkanes of at least 4 members (excludes halogenated alkanes) is 23. The molecule has 60 heavy (non-hydrogen) atoms. The van der Waals surface area contributed by atoms with Crippen LogP contribution in [0.3, 0.4) is 0 Å². The molecule has 0 aromatic carbocycles. The summed E-state index contributed by atoms with van der Waals surface area (Å²) in [5, 5.41) is 23.7. The minimum absolute atomic E-state index is 0.0532. The molecule has 0 bridgehead atoms. The molecule has 6 heteroatoms. The Balaban J connectivity index is 4.67. The predicted octanol–water partition coefficient (Wildman–Crippen LogP) is 15.2. The molecule has 1 amide bonds. The summed E-state index contributed by atoms with van der Waals surface area (Å²) in [4.78, 5) is 26.1. The lowest BCUT2D eigenvalue weighted by molar-refractivity contribution is -0.151. The van der Waals surface area contributed by atoms with E-state index >= 15 is 0 Å². The van der Waals surface area contributed by atoms with Gasteiger partial charge < -0.3 is 20.3 Å². The third kappa shape index (κ3) is 42.3. The van der Waals surface area contributed by atoms with Crippen molar-refractivity contribution < 1.29 is 24.5 Å². The first-order chi connectivity index (χ1) is 29.5. The summed E-state index contributed by atoms with van der Waals surface area (Å²) in [7, 11) is 0. The fraction of sp³-hybridized carbons (Fsp3) is 0.778. The minimum Gasteiger partial charge on any atom is -0.462 e. The highest BCUT2D eigenvalue weighted by Crippen LogP contribution is 2.17. The van der Waals surface area contributed by atoms with Crippen LogP contribution in [-0.2, 0) is 14.3 Å². The molecule has 0 saturated carbocycles. The average molecular weight is 840 g/mol. The Labute approximate surface area is 371 Å². The normalized spacial score (nSPS) is 13.8. The number of hydrogen-bond acceptors (Lipinski definition) is 5. The molecule has 348 valence electrons. The quantitative estimate of drug-likeness (QED) is 0.0322. The van der Waals surface area contributed by atoms with Crippen LogP contribution in [0.15, 0.2) is 60.8 Å². The number of carbonyl (C=O) groups excluding carboxylic acids is 2.